The minimum absolute atomic E-state index is 0.188. The van der Waals surface area contributed by atoms with Crippen molar-refractivity contribution in [2.75, 3.05) is 12.4 Å². The van der Waals surface area contributed by atoms with Crippen molar-refractivity contribution < 1.29 is 14.3 Å². The molecule has 1 N–H and O–H groups in total. The molecular formula is C19H21NO3. The molecule has 0 atom stereocenters. The van der Waals surface area contributed by atoms with Crippen LogP contribution >= 0.6 is 0 Å². The summed E-state index contributed by atoms with van der Waals surface area (Å²) in [5.74, 6) is 1.23. The number of para-hydroxylation sites is 1. The molecule has 0 radical (unpaired) electrons. The number of nitrogens with one attached hydrogen (secondary N) is 1. The number of hydrogen-bond acceptors (Lipinski definition) is 3. The zero-order valence-electron chi connectivity index (χ0n) is 13.2. The van der Waals surface area contributed by atoms with Crippen LogP contribution in [0, 0.1) is 0 Å². The molecule has 1 amide bonds. The van der Waals surface area contributed by atoms with Gasteiger partial charge in [-0.3, -0.25) is 4.79 Å². The molecular weight excluding hydrogens is 290 g/mol. The Balaban J connectivity index is 1.64. The van der Waals surface area contributed by atoms with Gasteiger partial charge in [0.1, 0.15) is 11.5 Å². The molecule has 2 aromatic rings. The number of carbonyl (C=O) groups excluding carboxylic acids is 1. The second-order valence-electron chi connectivity index (χ2n) is 5.70. The topological polar surface area (TPSA) is 47.6 Å². The fraction of sp³-hybridized carbons (Fsp3) is 0.316. The molecule has 0 heterocycles. The molecule has 1 aliphatic rings. The van der Waals surface area contributed by atoms with E-state index in [4.69, 9.17) is 9.47 Å². The van der Waals surface area contributed by atoms with Crippen molar-refractivity contribution >= 4 is 11.6 Å². The lowest BCUT2D eigenvalue weighted by Crippen LogP contribution is -2.13. The van der Waals surface area contributed by atoms with Crippen LogP contribution in [0.4, 0.5) is 5.69 Å². The molecule has 4 nitrogen and oxygen atoms in total. The highest BCUT2D eigenvalue weighted by atomic mass is 16.5. The third-order valence-electron chi connectivity index (χ3n) is 4.07. The predicted molar refractivity (Wildman–Crippen MR) is 90.3 cm³/mol. The highest BCUT2D eigenvalue weighted by molar-refractivity contribution is 6.06. The van der Waals surface area contributed by atoms with Gasteiger partial charge in [0.2, 0.25) is 0 Å². The summed E-state index contributed by atoms with van der Waals surface area (Å²) in [5, 5.41) is 2.88. The number of amides is 1. The van der Waals surface area contributed by atoms with Crippen molar-refractivity contribution in [2.45, 2.75) is 31.8 Å². The summed E-state index contributed by atoms with van der Waals surface area (Å²) in [6, 6.07) is 14.7. The summed E-state index contributed by atoms with van der Waals surface area (Å²) in [7, 11) is 1.56. The SMILES string of the molecule is COc1ccccc1C(=O)Nc1ccc(OC2CCCC2)cc1. The second-order valence-corrected chi connectivity index (χ2v) is 5.70. The molecule has 0 unspecified atom stereocenters. The second kappa shape index (κ2) is 7.18. The fourth-order valence-corrected chi connectivity index (χ4v) is 2.85. The van der Waals surface area contributed by atoms with E-state index >= 15 is 0 Å². The van der Waals surface area contributed by atoms with Gasteiger partial charge in [-0.05, 0) is 62.1 Å². The summed E-state index contributed by atoms with van der Waals surface area (Å²) in [5.41, 5.74) is 1.25. The fourth-order valence-electron chi connectivity index (χ4n) is 2.85. The summed E-state index contributed by atoms with van der Waals surface area (Å²) in [6.07, 6.45) is 5.10. The Morgan fingerprint density at radius 3 is 2.43 bits per heavy atom. The Morgan fingerprint density at radius 1 is 1.04 bits per heavy atom. The molecule has 120 valence electrons. The Hall–Kier alpha value is -2.49. The maximum atomic E-state index is 12.3. The molecule has 1 fully saturated rings. The van der Waals surface area contributed by atoms with E-state index in [-0.39, 0.29) is 5.91 Å². The lowest BCUT2D eigenvalue weighted by molar-refractivity contribution is 0.102. The number of hydrogen-bond donors (Lipinski definition) is 1. The van der Waals surface area contributed by atoms with Crippen LogP contribution in [-0.2, 0) is 0 Å². The van der Waals surface area contributed by atoms with Crippen LogP contribution in [0.5, 0.6) is 11.5 Å². The number of ether oxygens (including phenoxy) is 2. The lowest BCUT2D eigenvalue weighted by Gasteiger charge is -2.13. The predicted octanol–water partition coefficient (Wildman–Crippen LogP) is 4.27. The molecule has 0 spiro atoms. The van der Waals surface area contributed by atoms with E-state index < -0.39 is 0 Å². The first kappa shape index (κ1) is 15.4. The number of carbonyl (C=O) groups is 1. The molecule has 0 saturated heterocycles. The molecule has 0 aromatic heterocycles. The molecule has 0 aliphatic heterocycles. The lowest BCUT2D eigenvalue weighted by atomic mass is 10.2. The van der Waals surface area contributed by atoms with Crippen LogP contribution in [-0.4, -0.2) is 19.1 Å². The normalized spacial score (nSPS) is 14.5. The highest BCUT2D eigenvalue weighted by Gasteiger charge is 2.16. The number of methoxy groups -OCH3 is 1. The Labute approximate surface area is 136 Å². The van der Waals surface area contributed by atoms with E-state index in [0.717, 1.165) is 24.3 Å². The van der Waals surface area contributed by atoms with E-state index in [9.17, 15) is 4.79 Å². The molecule has 0 bridgehead atoms. The molecule has 4 heteroatoms. The van der Waals surface area contributed by atoms with Gasteiger partial charge < -0.3 is 14.8 Å². The summed E-state index contributed by atoms with van der Waals surface area (Å²) >= 11 is 0. The quantitative estimate of drug-likeness (QED) is 0.897. The van der Waals surface area contributed by atoms with Crippen molar-refractivity contribution in [3.63, 3.8) is 0 Å². The molecule has 2 aromatic carbocycles. The van der Waals surface area contributed by atoms with Crippen LogP contribution in [0.25, 0.3) is 0 Å². The van der Waals surface area contributed by atoms with E-state index in [1.807, 2.05) is 36.4 Å². The Bertz CT molecular complexity index is 661. The van der Waals surface area contributed by atoms with Crippen LogP contribution in [0.15, 0.2) is 48.5 Å². The highest BCUT2D eigenvalue weighted by Crippen LogP contribution is 2.25. The van der Waals surface area contributed by atoms with Crippen molar-refractivity contribution in [2.24, 2.45) is 0 Å². The monoisotopic (exact) mass is 311 g/mol. The summed E-state index contributed by atoms with van der Waals surface area (Å²) in [4.78, 5) is 12.3. The maximum Gasteiger partial charge on any atom is 0.259 e. The molecule has 23 heavy (non-hydrogen) atoms. The van der Waals surface area contributed by atoms with Crippen LogP contribution in [0.2, 0.25) is 0 Å². The van der Waals surface area contributed by atoms with Crippen molar-refractivity contribution in [1.82, 2.24) is 0 Å². The zero-order valence-corrected chi connectivity index (χ0v) is 13.2. The van der Waals surface area contributed by atoms with Crippen LogP contribution < -0.4 is 14.8 Å². The summed E-state index contributed by atoms with van der Waals surface area (Å²) in [6.45, 7) is 0. The van der Waals surface area contributed by atoms with Crippen molar-refractivity contribution in [3.05, 3.63) is 54.1 Å². The molecule has 1 saturated carbocycles. The van der Waals surface area contributed by atoms with Gasteiger partial charge in [-0.2, -0.15) is 0 Å². The third kappa shape index (κ3) is 3.83. The first-order valence-electron chi connectivity index (χ1n) is 7.97. The first-order chi connectivity index (χ1) is 11.3. The largest absolute Gasteiger partial charge is 0.496 e. The third-order valence-corrected chi connectivity index (χ3v) is 4.07. The average Bonchev–Trinajstić information content (AvgIpc) is 3.09. The van der Waals surface area contributed by atoms with Gasteiger partial charge in [-0.1, -0.05) is 12.1 Å². The van der Waals surface area contributed by atoms with Crippen molar-refractivity contribution in [1.29, 1.82) is 0 Å². The standard InChI is InChI=1S/C19H21NO3/c1-22-18-9-5-4-8-17(18)19(21)20-14-10-12-16(13-11-14)23-15-6-2-3-7-15/h4-5,8-13,15H,2-3,6-7H2,1H3,(H,20,21). The average molecular weight is 311 g/mol. The van der Waals surface area contributed by atoms with E-state index in [1.165, 1.54) is 12.8 Å². The van der Waals surface area contributed by atoms with E-state index in [0.29, 0.717) is 17.4 Å². The van der Waals surface area contributed by atoms with Gasteiger partial charge in [0.05, 0.1) is 18.8 Å². The minimum Gasteiger partial charge on any atom is -0.496 e. The van der Waals surface area contributed by atoms with Gasteiger partial charge >= 0.3 is 0 Å². The summed E-state index contributed by atoms with van der Waals surface area (Å²) < 4.78 is 11.1. The Kier molecular flexibility index (Phi) is 4.81. The van der Waals surface area contributed by atoms with Gasteiger partial charge in [0.25, 0.3) is 5.91 Å². The van der Waals surface area contributed by atoms with E-state index in [2.05, 4.69) is 5.32 Å². The van der Waals surface area contributed by atoms with Gasteiger partial charge in [0, 0.05) is 5.69 Å². The zero-order chi connectivity index (χ0) is 16.1. The Morgan fingerprint density at radius 2 is 1.74 bits per heavy atom. The maximum absolute atomic E-state index is 12.3. The minimum atomic E-state index is -0.188. The number of rotatable bonds is 5. The van der Waals surface area contributed by atoms with Gasteiger partial charge in [-0.15, -0.1) is 0 Å². The first-order valence-corrected chi connectivity index (χ1v) is 7.97. The number of anilines is 1. The van der Waals surface area contributed by atoms with Gasteiger partial charge in [0.15, 0.2) is 0 Å². The van der Waals surface area contributed by atoms with E-state index in [1.54, 1.807) is 19.2 Å². The molecule has 3 rings (SSSR count). The van der Waals surface area contributed by atoms with Gasteiger partial charge in [-0.25, -0.2) is 0 Å². The van der Waals surface area contributed by atoms with Crippen molar-refractivity contribution in [3.8, 4) is 11.5 Å². The number of benzene rings is 2. The van der Waals surface area contributed by atoms with Crippen LogP contribution in [0.1, 0.15) is 36.0 Å². The molecule has 1 aliphatic carbocycles. The smallest absolute Gasteiger partial charge is 0.259 e. The van der Waals surface area contributed by atoms with Crippen LogP contribution in [0.3, 0.4) is 0 Å².